The summed E-state index contributed by atoms with van der Waals surface area (Å²) in [7, 11) is 4.84. The third-order valence-corrected chi connectivity index (χ3v) is 3.49. The zero-order valence-electron chi connectivity index (χ0n) is 11.6. The molecule has 2 N–H and O–H groups in total. The van der Waals surface area contributed by atoms with Crippen molar-refractivity contribution in [3.05, 3.63) is 0 Å². The first-order valence-electron chi connectivity index (χ1n) is 6.42. The molecule has 0 aromatic heterocycles. The van der Waals surface area contributed by atoms with Crippen molar-refractivity contribution in [3.63, 3.8) is 0 Å². The number of fused-ring (bicyclic) bond motifs is 1. The molecule has 2 saturated heterocycles. The van der Waals surface area contributed by atoms with E-state index in [0.29, 0.717) is 12.6 Å². The highest BCUT2D eigenvalue weighted by atomic mass is 16.6. The Morgan fingerprint density at radius 3 is 2.67 bits per heavy atom. The number of rotatable bonds is 2. The van der Waals surface area contributed by atoms with Crippen molar-refractivity contribution < 1.29 is 14.4 Å². The monoisotopic (exact) mass is 259 g/mol. The highest BCUT2D eigenvalue weighted by Crippen LogP contribution is 2.32. The van der Waals surface area contributed by atoms with Crippen LogP contribution in [0.5, 0.6) is 0 Å². The predicted octanol–water partition coefficient (Wildman–Crippen LogP) is 0.818. The third-order valence-electron chi connectivity index (χ3n) is 3.49. The predicted molar refractivity (Wildman–Crippen MR) is 69.0 cm³/mol. The molecule has 2 rings (SSSR count). The molecule has 0 radical (unpaired) electrons. The van der Waals surface area contributed by atoms with Crippen molar-refractivity contribution in [2.45, 2.75) is 37.8 Å². The van der Waals surface area contributed by atoms with Crippen LogP contribution in [0.4, 0.5) is 4.79 Å². The molecule has 2 heterocycles. The second-order valence-corrected chi connectivity index (χ2v) is 4.97. The highest BCUT2D eigenvalue weighted by molar-refractivity contribution is 5.66. The van der Waals surface area contributed by atoms with E-state index in [9.17, 15) is 4.79 Å². The summed E-state index contributed by atoms with van der Waals surface area (Å²) in [6.07, 6.45) is 4.88. The number of nitrogens with zero attached hydrogens (tertiary/aromatic N) is 2. The average Bonchev–Trinajstić information content (AvgIpc) is 2.89. The zero-order valence-corrected chi connectivity index (χ0v) is 11.6. The molecule has 6 heteroatoms. The Balaban J connectivity index is 0.000000492. The fourth-order valence-corrected chi connectivity index (χ4v) is 2.68. The Morgan fingerprint density at radius 1 is 1.39 bits per heavy atom. The van der Waals surface area contributed by atoms with Gasteiger partial charge in [0.2, 0.25) is 0 Å². The van der Waals surface area contributed by atoms with E-state index in [1.807, 2.05) is 0 Å². The summed E-state index contributed by atoms with van der Waals surface area (Å²) in [5.41, 5.74) is 0. The van der Waals surface area contributed by atoms with Crippen LogP contribution in [-0.4, -0.2) is 62.3 Å². The molecule has 2 aliphatic heterocycles. The van der Waals surface area contributed by atoms with Crippen molar-refractivity contribution in [2.24, 2.45) is 5.90 Å². The summed E-state index contributed by atoms with van der Waals surface area (Å²) in [6, 6.07) is 1.24. The lowest BCUT2D eigenvalue weighted by Crippen LogP contribution is -2.36. The number of carbonyl (C=O) groups is 1. The Kier molecular flexibility index (Phi) is 6.38. The molecule has 18 heavy (non-hydrogen) atoms. The zero-order chi connectivity index (χ0) is 13.5. The topological polar surface area (TPSA) is 68.0 Å². The molecular formula is C12H25N3O3. The van der Waals surface area contributed by atoms with Crippen molar-refractivity contribution in [3.8, 4) is 0 Å². The summed E-state index contributed by atoms with van der Waals surface area (Å²) in [5.74, 6) is 4.35. The molecule has 0 saturated carbocycles. The first-order valence-corrected chi connectivity index (χ1v) is 6.42. The van der Waals surface area contributed by atoms with Crippen LogP contribution in [0.15, 0.2) is 0 Å². The minimum absolute atomic E-state index is 0.224. The van der Waals surface area contributed by atoms with E-state index in [1.165, 1.54) is 44.2 Å². The minimum Gasteiger partial charge on any atom is -0.448 e. The normalized spacial score (nSPS) is 26.2. The number of amides is 1. The first-order chi connectivity index (χ1) is 8.60. The first kappa shape index (κ1) is 15.2. The fraction of sp³-hybridized carbons (Fsp3) is 0.917. The molecular weight excluding hydrogens is 234 g/mol. The van der Waals surface area contributed by atoms with Gasteiger partial charge < -0.3 is 14.5 Å². The lowest BCUT2D eigenvalue weighted by atomic mass is 10.1. The van der Waals surface area contributed by atoms with Crippen LogP contribution in [0, 0.1) is 0 Å². The molecule has 2 aliphatic rings. The van der Waals surface area contributed by atoms with Crippen molar-refractivity contribution in [1.29, 1.82) is 0 Å². The van der Waals surface area contributed by atoms with Gasteiger partial charge in [0.25, 0.3) is 0 Å². The maximum atomic E-state index is 11.3. The maximum Gasteiger partial charge on any atom is 0.409 e. The van der Waals surface area contributed by atoms with Crippen LogP contribution >= 0.6 is 0 Å². The Hall–Kier alpha value is -0.850. The maximum absolute atomic E-state index is 11.3. The number of hydrogen-bond donors (Lipinski definition) is 1. The molecule has 106 valence electrons. The number of carbonyl (C=O) groups excluding carboxylic acids is 1. The number of hydrogen-bond acceptors (Lipinski definition) is 5. The molecule has 6 nitrogen and oxygen atoms in total. The molecule has 2 unspecified atom stereocenters. The largest absolute Gasteiger partial charge is 0.448 e. The van der Waals surface area contributed by atoms with Gasteiger partial charge in [-0.25, -0.2) is 10.7 Å². The van der Waals surface area contributed by atoms with Gasteiger partial charge in [0.05, 0.1) is 7.11 Å². The van der Waals surface area contributed by atoms with E-state index >= 15 is 0 Å². The third kappa shape index (κ3) is 4.12. The lowest BCUT2D eigenvalue weighted by molar-refractivity contribution is 0.0861. The van der Waals surface area contributed by atoms with Crippen LogP contribution < -0.4 is 5.90 Å². The summed E-state index contributed by atoms with van der Waals surface area (Å²) < 4.78 is 5.24. The summed E-state index contributed by atoms with van der Waals surface area (Å²) in [6.45, 7) is 1.75. The molecule has 0 bridgehead atoms. The van der Waals surface area contributed by atoms with Crippen molar-refractivity contribution >= 4 is 6.09 Å². The van der Waals surface area contributed by atoms with E-state index in [2.05, 4.69) is 15.6 Å². The standard InChI is InChI=1S/C11H20N2O2.CH5NO/c1-12(2)11(14)15-8-10-6-5-9-4-3-7-13(9)10;1-3-2/h9-10H,3-8H2,1-2H3;2H2,1H3. The molecule has 0 aromatic carbocycles. The molecule has 1 amide bonds. The molecule has 0 spiro atoms. The van der Waals surface area contributed by atoms with E-state index in [1.54, 1.807) is 14.1 Å². The smallest absolute Gasteiger partial charge is 0.409 e. The highest BCUT2D eigenvalue weighted by Gasteiger charge is 2.36. The van der Waals surface area contributed by atoms with Gasteiger partial charge in [0.15, 0.2) is 0 Å². The van der Waals surface area contributed by atoms with E-state index in [0.717, 1.165) is 6.04 Å². The van der Waals surface area contributed by atoms with Crippen LogP contribution in [0.1, 0.15) is 25.7 Å². The fourth-order valence-electron chi connectivity index (χ4n) is 2.68. The van der Waals surface area contributed by atoms with Crippen LogP contribution in [0.3, 0.4) is 0 Å². The van der Waals surface area contributed by atoms with Crippen LogP contribution in [-0.2, 0) is 9.57 Å². The van der Waals surface area contributed by atoms with Gasteiger partial charge in [0, 0.05) is 26.2 Å². The number of nitrogens with two attached hydrogens (primary N) is 1. The minimum atomic E-state index is -0.224. The molecule has 0 aromatic rings. The lowest BCUT2D eigenvalue weighted by Gasteiger charge is -2.23. The molecule has 0 aliphatic carbocycles. The number of ether oxygens (including phenoxy) is 1. The van der Waals surface area contributed by atoms with Gasteiger partial charge in [-0.15, -0.1) is 0 Å². The van der Waals surface area contributed by atoms with Crippen LogP contribution in [0.2, 0.25) is 0 Å². The SMILES string of the molecule is CN(C)C(=O)OCC1CCC2CCCN21.CON. The van der Waals surface area contributed by atoms with Crippen molar-refractivity contribution in [2.75, 3.05) is 34.4 Å². The van der Waals surface area contributed by atoms with Gasteiger partial charge in [-0.05, 0) is 32.2 Å². The second-order valence-electron chi connectivity index (χ2n) is 4.97. The molecule has 2 atom stereocenters. The summed E-state index contributed by atoms with van der Waals surface area (Å²) >= 11 is 0. The van der Waals surface area contributed by atoms with Gasteiger partial charge in [0.1, 0.15) is 6.61 Å². The van der Waals surface area contributed by atoms with E-state index < -0.39 is 0 Å². The van der Waals surface area contributed by atoms with Crippen molar-refractivity contribution in [1.82, 2.24) is 9.80 Å². The Morgan fingerprint density at radius 2 is 2.06 bits per heavy atom. The molecule has 2 fully saturated rings. The van der Waals surface area contributed by atoms with E-state index in [4.69, 9.17) is 4.74 Å². The van der Waals surface area contributed by atoms with Gasteiger partial charge in [-0.3, -0.25) is 4.90 Å². The van der Waals surface area contributed by atoms with Gasteiger partial charge in [-0.1, -0.05) is 0 Å². The summed E-state index contributed by atoms with van der Waals surface area (Å²) in [4.78, 5) is 19.0. The van der Waals surface area contributed by atoms with Gasteiger partial charge >= 0.3 is 6.09 Å². The Bertz CT molecular complexity index is 261. The average molecular weight is 259 g/mol. The summed E-state index contributed by atoms with van der Waals surface area (Å²) in [5, 5.41) is 0. The van der Waals surface area contributed by atoms with E-state index in [-0.39, 0.29) is 6.09 Å². The Labute approximate surface area is 109 Å². The quantitative estimate of drug-likeness (QED) is 0.744. The van der Waals surface area contributed by atoms with Gasteiger partial charge in [-0.2, -0.15) is 0 Å². The van der Waals surface area contributed by atoms with Crippen LogP contribution in [0.25, 0.3) is 0 Å². The second kappa shape index (κ2) is 7.56.